The van der Waals surface area contributed by atoms with E-state index in [1.165, 1.54) is 56.5 Å². The monoisotopic (exact) mass is 332 g/mol. The number of hydrogen-bond acceptors (Lipinski definition) is 3. The van der Waals surface area contributed by atoms with Gasteiger partial charge in [-0.3, -0.25) is 0 Å². The summed E-state index contributed by atoms with van der Waals surface area (Å²) in [4.78, 5) is 0. The van der Waals surface area contributed by atoms with Crippen LogP contribution in [0.1, 0.15) is 58.3 Å². The minimum absolute atomic E-state index is 0. The van der Waals surface area contributed by atoms with Crippen molar-refractivity contribution in [3.8, 4) is 0 Å². The predicted molar refractivity (Wildman–Crippen MR) is 96.0 cm³/mol. The van der Waals surface area contributed by atoms with Crippen LogP contribution >= 0.6 is 36.6 Å². The molecule has 1 unspecified atom stereocenters. The number of rotatable bonds is 13. The lowest BCUT2D eigenvalue weighted by Crippen LogP contribution is -2.18. The first kappa shape index (κ1) is 24.8. The first-order valence-electron chi connectivity index (χ1n) is 7.33. The van der Waals surface area contributed by atoms with Gasteiger partial charge in [0.2, 0.25) is 0 Å². The van der Waals surface area contributed by atoms with Crippen LogP contribution in [0.5, 0.6) is 0 Å². The van der Waals surface area contributed by atoms with Crippen molar-refractivity contribution in [1.29, 1.82) is 0 Å². The topological polar surface area (TPSA) is 52.0 Å². The van der Waals surface area contributed by atoms with Gasteiger partial charge in [0.15, 0.2) is 0 Å². The van der Waals surface area contributed by atoms with Crippen LogP contribution in [0.3, 0.4) is 0 Å². The molecular weight excluding hydrogens is 299 g/mol. The van der Waals surface area contributed by atoms with Gasteiger partial charge in [-0.1, -0.05) is 39.0 Å². The maximum Gasteiger partial charge on any atom is -0.00271 e. The smallest absolute Gasteiger partial charge is 0.00271 e. The van der Waals surface area contributed by atoms with E-state index in [0.29, 0.717) is 5.92 Å². The summed E-state index contributed by atoms with van der Waals surface area (Å²) in [5, 5.41) is 0. The van der Waals surface area contributed by atoms with Crippen molar-refractivity contribution in [3.05, 3.63) is 0 Å². The fourth-order valence-corrected chi connectivity index (χ4v) is 3.12. The molecule has 0 radical (unpaired) electrons. The van der Waals surface area contributed by atoms with Crippen molar-refractivity contribution in [2.75, 3.05) is 24.6 Å². The van der Waals surface area contributed by atoms with Gasteiger partial charge in [0.1, 0.15) is 0 Å². The third-order valence-electron chi connectivity index (χ3n) is 3.15. The van der Waals surface area contributed by atoms with Crippen molar-refractivity contribution in [3.63, 3.8) is 0 Å². The van der Waals surface area contributed by atoms with E-state index in [1.807, 2.05) is 0 Å². The minimum atomic E-state index is 0. The van der Waals surface area contributed by atoms with Gasteiger partial charge in [0.05, 0.1) is 0 Å². The Morgan fingerprint density at radius 1 is 0.895 bits per heavy atom. The van der Waals surface area contributed by atoms with Crippen molar-refractivity contribution in [2.45, 2.75) is 58.3 Å². The molecule has 4 N–H and O–H groups in total. The molecule has 0 bridgehead atoms. The molecule has 0 aromatic rings. The summed E-state index contributed by atoms with van der Waals surface area (Å²) in [5.41, 5.74) is 11.3. The normalized spacial score (nSPS) is 11.5. The van der Waals surface area contributed by atoms with Gasteiger partial charge in [-0.05, 0) is 49.8 Å². The van der Waals surface area contributed by atoms with Crippen LogP contribution < -0.4 is 11.5 Å². The molecule has 0 aromatic heterocycles. The highest BCUT2D eigenvalue weighted by Gasteiger charge is 2.05. The fraction of sp³-hybridized carbons (Fsp3) is 1.00. The molecule has 0 saturated carbocycles. The number of unbranched alkanes of at least 4 members (excludes halogenated alkanes) is 5. The van der Waals surface area contributed by atoms with Gasteiger partial charge >= 0.3 is 0 Å². The van der Waals surface area contributed by atoms with Crippen LogP contribution in [0.2, 0.25) is 0 Å². The third kappa shape index (κ3) is 18.9. The zero-order valence-corrected chi connectivity index (χ0v) is 14.9. The molecule has 5 heteroatoms. The SMILES string of the molecule is CCCCCCCCSCC(CN)CCCN.Cl.Cl. The summed E-state index contributed by atoms with van der Waals surface area (Å²) in [6.07, 6.45) is 10.7. The highest BCUT2D eigenvalue weighted by Crippen LogP contribution is 2.15. The molecule has 0 spiro atoms. The molecule has 0 aliphatic rings. The highest BCUT2D eigenvalue weighted by atomic mass is 35.5. The second-order valence-corrected chi connectivity index (χ2v) is 6.03. The summed E-state index contributed by atoms with van der Waals surface area (Å²) in [6, 6.07) is 0. The van der Waals surface area contributed by atoms with E-state index in [2.05, 4.69) is 18.7 Å². The van der Waals surface area contributed by atoms with E-state index in [4.69, 9.17) is 11.5 Å². The van der Waals surface area contributed by atoms with Crippen LogP contribution in [-0.4, -0.2) is 24.6 Å². The molecule has 1 atom stereocenters. The third-order valence-corrected chi connectivity index (χ3v) is 4.43. The molecule has 0 aromatic carbocycles. The van der Waals surface area contributed by atoms with Gasteiger partial charge in [-0.15, -0.1) is 24.8 Å². The summed E-state index contributed by atoms with van der Waals surface area (Å²) < 4.78 is 0. The van der Waals surface area contributed by atoms with E-state index in [1.54, 1.807) is 0 Å². The van der Waals surface area contributed by atoms with E-state index >= 15 is 0 Å². The van der Waals surface area contributed by atoms with Gasteiger partial charge in [0.25, 0.3) is 0 Å². The number of thioether (sulfide) groups is 1. The summed E-state index contributed by atoms with van der Waals surface area (Å²) in [7, 11) is 0. The van der Waals surface area contributed by atoms with Gasteiger partial charge in [0, 0.05) is 0 Å². The molecular formula is C14H34Cl2N2S. The lowest BCUT2D eigenvalue weighted by molar-refractivity contribution is 0.533. The molecule has 0 fully saturated rings. The van der Waals surface area contributed by atoms with Crippen molar-refractivity contribution in [2.24, 2.45) is 17.4 Å². The highest BCUT2D eigenvalue weighted by molar-refractivity contribution is 7.99. The molecule has 0 heterocycles. The van der Waals surface area contributed by atoms with E-state index in [9.17, 15) is 0 Å². The van der Waals surface area contributed by atoms with Gasteiger partial charge in [-0.25, -0.2) is 0 Å². The molecule has 19 heavy (non-hydrogen) atoms. The Hall–Kier alpha value is 0.850. The second-order valence-electron chi connectivity index (χ2n) is 4.88. The molecule has 120 valence electrons. The van der Waals surface area contributed by atoms with E-state index < -0.39 is 0 Å². The van der Waals surface area contributed by atoms with Crippen molar-refractivity contribution < 1.29 is 0 Å². The Labute approximate surface area is 137 Å². The molecule has 0 rings (SSSR count). The Morgan fingerprint density at radius 3 is 2.11 bits per heavy atom. The summed E-state index contributed by atoms with van der Waals surface area (Å²) >= 11 is 2.08. The lowest BCUT2D eigenvalue weighted by atomic mass is 10.1. The zero-order chi connectivity index (χ0) is 12.8. The Bertz CT molecular complexity index is 151. The largest absolute Gasteiger partial charge is 0.330 e. The standard InChI is InChI=1S/C14H32N2S.2ClH/c1-2-3-4-5-6-7-11-17-13-14(12-16)9-8-10-15;;/h14H,2-13,15-16H2,1H3;2*1H. The van der Waals surface area contributed by atoms with Gasteiger partial charge in [-0.2, -0.15) is 11.8 Å². The average Bonchev–Trinajstić information content (AvgIpc) is 2.36. The predicted octanol–water partition coefficient (Wildman–Crippen LogP) is 4.24. The zero-order valence-electron chi connectivity index (χ0n) is 12.4. The summed E-state index contributed by atoms with van der Waals surface area (Å²) in [5.74, 6) is 3.22. The van der Waals surface area contributed by atoms with Gasteiger partial charge < -0.3 is 11.5 Å². The number of nitrogens with two attached hydrogens (primary N) is 2. The molecule has 0 aliphatic heterocycles. The number of hydrogen-bond donors (Lipinski definition) is 2. The van der Waals surface area contributed by atoms with Crippen LogP contribution in [0.4, 0.5) is 0 Å². The van der Waals surface area contributed by atoms with Crippen molar-refractivity contribution >= 4 is 36.6 Å². The van der Waals surface area contributed by atoms with Crippen molar-refractivity contribution in [1.82, 2.24) is 0 Å². The maximum atomic E-state index is 5.76. The Morgan fingerprint density at radius 2 is 1.53 bits per heavy atom. The van der Waals surface area contributed by atoms with Crippen LogP contribution in [-0.2, 0) is 0 Å². The molecule has 0 saturated heterocycles. The van der Waals surface area contributed by atoms with Crippen LogP contribution in [0.15, 0.2) is 0 Å². The molecule has 2 nitrogen and oxygen atoms in total. The maximum absolute atomic E-state index is 5.76. The quantitative estimate of drug-likeness (QED) is 0.496. The van der Waals surface area contributed by atoms with E-state index in [-0.39, 0.29) is 24.8 Å². The first-order valence-corrected chi connectivity index (χ1v) is 8.48. The fourth-order valence-electron chi connectivity index (χ4n) is 1.91. The molecule has 0 amide bonds. The Balaban J connectivity index is -0.00000128. The van der Waals surface area contributed by atoms with Crippen LogP contribution in [0, 0.1) is 5.92 Å². The van der Waals surface area contributed by atoms with E-state index in [0.717, 1.165) is 19.5 Å². The summed E-state index contributed by atoms with van der Waals surface area (Å²) in [6.45, 7) is 3.90. The molecule has 0 aliphatic carbocycles. The lowest BCUT2D eigenvalue weighted by Gasteiger charge is -2.13. The minimum Gasteiger partial charge on any atom is -0.330 e. The second kappa shape index (κ2) is 21.2. The average molecular weight is 333 g/mol. The number of halogens is 2. The Kier molecular flexibility index (Phi) is 27.7. The first-order chi connectivity index (χ1) is 8.35. The van der Waals surface area contributed by atoms with Crippen LogP contribution in [0.25, 0.3) is 0 Å².